The van der Waals surface area contributed by atoms with E-state index in [1.165, 1.54) is 25.7 Å². The van der Waals surface area contributed by atoms with Gasteiger partial charge in [0.1, 0.15) is 0 Å². The van der Waals surface area contributed by atoms with Crippen LogP contribution >= 0.6 is 35.6 Å². The Morgan fingerprint density at radius 3 is 2.63 bits per heavy atom. The highest BCUT2D eigenvalue weighted by Gasteiger charge is 2.14. The first-order valence-corrected chi connectivity index (χ1v) is 8.49. The molecule has 2 N–H and O–H groups in total. The van der Waals surface area contributed by atoms with Gasteiger partial charge in [0.25, 0.3) is 0 Å². The Hall–Kier alpha value is -0.450. The number of rotatable bonds is 5. The van der Waals surface area contributed by atoms with Crippen molar-refractivity contribution in [2.24, 2.45) is 0 Å². The monoisotopic (exact) mass is 314 g/mol. The average Bonchev–Trinajstić information content (AvgIpc) is 2.91. The molecule has 0 amide bonds. The summed E-state index contributed by atoms with van der Waals surface area (Å²) in [6.45, 7) is 0.917. The zero-order valence-corrected chi connectivity index (χ0v) is 13.2. The topological polar surface area (TPSA) is 24.1 Å². The minimum absolute atomic E-state index is 0.675. The maximum absolute atomic E-state index is 5.83. The number of anilines is 1. The first-order chi connectivity index (χ1) is 9.24. The van der Waals surface area contributed by atoms with E-state index in [0.29, 0.717) is 5.11 Å². The molecule has 104 valence electrons. The molecule has 5 heteroatoms. The van der Waals surface area contributed by atoms with Crippen LogP contribution in [-0.2, 0) is 0 Å². The molecule has 0 bridgehead atoms. The van der Waals surface area contributed by atoms with Crippen molar-refractivity contribution >= 4 is 46.4 Å². The molecule has 0 aliphatic heterocycles. The van der Waals surface area contributed by atoms with Crippen molar-refractivity contribution in [3.8, 4) is 0 Å². The predicted octanol–water partition coefficient (Wildman–Crippen LogP) is 4.30. The van der Waals surface area contributed by atoms with Gasteiger partial charge in [0.15, 0.2) is 5.11 Å². The number of hydrogen-bond donors (Lipinski definition) is 2. The molecule has 0 spiro atoms. The van der Waals surface area contributed by atoms with Crippen LogP contribution in [0.25, 0.3) is 0 Å². The third-order valence-electron chi connectivity index (χ3n) is 3.15. The van der Waals surface area contributed by atoms with E-state index in [0.717, 1.165) is 28.3 Å². The van der Waals surface area contributed by atoms with E-state index < -0.39 is 0 Å². The van der Waals surface area contributed by atoms with Crippen LogP contribution in [0.1, 0.15) is 25.7 Å². The summed E-state index contributed by atoms with van der Waals surface area (Å²) in [6.07, 6.45) is 5.58. The van der Waals surface area contributed by atoms with Gasteiger partial charge in [-0.15, -0.1) is 0 Å². The molecule has 2 rings (SSSR count). The summed E-state index contributed by atoms with van der Waals surface area (Å²) in [6, 6.07) is 7.54. The van der Waals surface area contributed by atoms with Crippen molar-refractivity contribution in [1.29, 1.82) is 0 Å². The molecule has 0 unspecified atom stereocenters. The zero-order valence-electron chi connectivity index (χ0n) is 10.8. The molecule has 0 radical (unpaired) electrons. The number of benzene rings is 1. The molecule has 19 heavy (non-hydrogen) atoms. The van der Waals surface area contributed by atoms with E-state index in [9.17, 15) is 0 Å². The maximum Gasteiger partial charge on any atom is 0.170 e. The molecule has 1 saturated carbocycles. The molecule has 0 atom stereocenters. The minimum Gasteiger partial charge on any atom is -0.362 e. The summed E-state index contributed by atoms with van der Waals surface area (Å²) < 4.78 is 0. The number of thiocarbonyl (C=S) groups is 1. The third-order valence-corrected chi connectivity index (χ3v) is 5.03. The SMILES string of the molecule is S=C(NCCSC1CCCC1)Nc1ccc(Cl)cc1. The Labute approximate surface area is 129 Å². The third kappa shape index (κ3) is 5.59. The van der Waals surface area contributed by atoms with Crippen molar-refractivity contribution in [2.75, 3.05) is 17.6 Å². The first-order valence-electron chi connectivity index (χ1n) is 6.66. The van der Waals surface area contributed by atoms with Crippen molar-refractivity contribution in [3.63, 3.8) is 0 Å². The lowest BCUT2D eigenvalue weighted by Gasteiger charge is -2.12. The van der Waals surface area contributed by atoms with E-state index in [-0.39, 0.29) is 0 Å². The van der Waals surface area contributed by atoms with Crippen molar-refractivity contribution in [2.45, 2.75) is 30.9 Å². The lowest BCUT2D eigenvalue weighted by molar-refractivity contribution is 0.886. The average molecular weight is 315 g/mol. The normalized spacial score (nSPS) is 15.4. The van der Waals surface area contributed by atoms with Gasteiger partial charge in [-0.2, -0.15) is 11.8 Å². The molecule has 1 aliphatic carbocycles. The number of thioether (sulfide) groups is 1. The molecule has 0 heterocycles. The van der Waals surface area contributed by atoms with Crippen LogP contribution in [0.2, 0.25) is 5.02 Å². The van der Waals surface area contributed by atoms with Gasteiger partial charge < -0.3 is 10.6 Å². The Bertz CT molecular complexity index is 402. The highest BCUT2D eigenvalue weighted by Crippen LogP contribution is 2.28. The van der Waals surface area contributed by atoms with Crippen molar-refractivity contribution < 1.29 is 0 Å². The summed E-state index contributed by atoms with van der Waals surface area (Å²) >= 11 is 13.2. The lowest BCUT2D eigenvalue weighted by Crippen LogP contribution is -2.30. The Morgan fingerprint density at radius 1 is 1.26 bits per heavy atom. The fourth-order valence-electron chi connectivity index (χ4n) is 2.15. The van der Waals surface area contributed by atoms with Crippen LogP contribution in [-0.4, -0.2) is 22.7 Å². The molecule has 0 aromatic heterocycles. The second kappa shape index (κ2) is 7.98. The largest absolute Gasteiger partial charge is 0.362 e. The molecule has 2 nitrogen and oxygen atoms in total. The smallest absolute Gasteiger partial charge is 0.170 e. The van der Waals surface area contributed by atoms with Gasteiger partial charge in [-0.3, -0.25) is 0 Å². The van der Waals surface area contributed by atoms with Crippen LogP contribution in [0.4, 0.5) is 5.69 Å². The van der Waals surface area contributed by atoms with E-state index >= 15 is 0 Å². The van der Waals surface area contributed by atoms with Gasteiger partial charge >= 0.3 is 0 Å². The fourth-order valence-corrected chi connectivity index (χ4v) is 3.72. The molecular weight excluding hydrogens is 296 g/mol. The molecule has 1 aliphatic rings. The van der Waals surface area contributed by atoms with Gasteiger partial charge in [0, 0.05) is 28.3 Å². The van der Waals surface area contributed by atoms with E-state index in [1.54, 1.807) is 0 Å². The van der Waals surface area contributed by atoms with Crippen molar-refractivity contribution in [1.82, 2.24) is 5.32 Å². The van der Waals surface area contributed by atoms with E-state index in [2.05, 4.69) is 22.4 Å². The molecule has 1 fully saturated rings. The Balaban J connectivity index is 1.60. The van der Waals surface area contributed by atoms with Gasteiger partial charge in [-0.25, -0.2) is 0 Å². The fraction of sp³-hybridized carbons (Fsp3) is 0.500. The Kier molecular flexibility index (Phi) is 6.28. The Morgan fingerprint density at radius 2 is 1.95 bits per heavy atom. The van der Waals surface area contributed by atoms with Crippen LogP contribution in [0, 0.1) is 0 Å². The summed E-state index contributed by atoms with van der Waals surface area (Å²) in [7, 11) is 0. The molecule has 1 aromatic carbocycles. The van der Waals surface area contributed by atoms with Crippen LogP contribution in [0.5, 0.6) is 0 Å². The van der Waals surface area contributed by atoms with Gasteiger partial charge in [0.2, 0.25) is 0 Å². The molecular formula is C14H19ClN2S2. The lowest BCUT2D eigenvalue weighted by atomic mass is 10.3. The van der Waals surface area contributed by atoms with E-state index in [1.807, 2.05) is 24.3 Å². The highest BCUT2D eigenvalue weighted by atomic mass is 35.5. The van der Waals surface area contributed by atoms with Gasteiger partial charge in [-0.05, 0) is 49.3 Å². The summed E-state index contributed by atoms with van der Waals surface area (Å²) in [5.41, 5.74) is 0.963. The highest BCUT2D eigenvalue weighted by molar-refractivity contribution is 7.99. The number of hydrogen-bond acceptors (Lipinski definition) is 2. The number of halogens is 1. The minimum atomic E-state index is 0.675. The first kappa shape index (κ1) is 14.9. The number of nitrogens with one attached hydrogen (secondary N) is 2. The summed E-state index contributed by atoms with van der Waals surface area (Å²) in [4.78, 5) is 0. The second-order valence-corrected chi connectivity index (χ2v) is 6.92. The molecule has 0 saturated heterocycles. The van der Waals surface area contributed by atoms with Crippen LogP contribution < -0.4 is 10.6 Å². The van der Waals surface area contributed by atoms with Gasteiger partial charge in [0.05, 0.1) is 0 Å². The second-order valence-electron chi connectivity index (χ2n) is 4.67. The van der Waals surface area contributed by atoms with Gasteiger partial charge in [-0.1, -0.05) is 24.4 Å². The van der Waals surface area contributed by atoms with E-state index in [4.69, 9.17) is 23.8 Å². The zero-order chi connectivity index (χ0) is 13.5. The maximum atomic E-state index is 5.83. The predicted molar refractivity (Wildman–Crippen MR) is 90.4 cm³/mol. The van der Waals surface area contributed by atoms with Crippen molar-refractivity contribution in [3.05, 3.63) is 29.3 Å². The summed E-state index contributed by atoms with van der Waals surface area (Å²) in [5, 5.41) is 8.67. The van der Waals surface area contributed by atoms with Crippen LogP contribution in [0.3, 0.4) is 0 Å². The summed E-state index contributed by atoms with van der Waals surface area (Å²) in [5.74, 6) is 1.12. The van der Waals surface area contributed by atoms with Crippen LogP contribution in [0.15, 0.2) is 24.3 Å². The standard InChI is InChI=1S/C14H19ClN2S2/c15-11-5-7-12(8-6-11)17-14(18)16-9-10-19-13-3-1-2-4-13/h5-8,13H,1-4,9-10H2,(H2,16,17,18). The quantitative estimate of drug-likeness (QED) is 0.625. The molecule has 1 aromatic rings.